The van der Waals surface area contributed by atoms with Gasteiger partial charge in [0.05, 0.1) is 0 Å². The van der Waals surface area contributed by atoms with Crippen molar-refractivity contribution in [3.05, 3.63) is 0 Å². The second kappa shape index (κ2) is 4.34. The summed E-state index contributed by atoms with van der Waals surface area (Å²) >= 11 is 0. The van der Waals surface area contributed by atoms with Crippen LogP contribution in [-0.2, 0) is 4.80 Å². The first-order valence-electron chi connectivity index (χ1n) is 2.97. The van der Waals surface area contributed by atoms with Gasteiger partial charge in [-0.15, -0.1) is 0 Å². The lowest BCUT2D eigenvalue weighted by Crippen LogP contribution is -2.05. The lowest BCUT2D eigenvalue weighted by molar-refractivity contribution is 0.444. The third-order valence-electron chi connectivity index (χ3n) is 1.07. The molecule has 1 nitrogen and oxygen atoms in total. The van der Waals surface area contributed by atoms with Gasteiger partial charge in [-0.3, -0.25) is 0 Å². The Bertz CT molecular complexity index is 39.1. The first-order chi connectivity index (χ1) is 3.31. The molecule has 7 heavy (non-hydrogen) atoms. The van der Waals surface area contributed by atoms with Crippen molar-refractivity contribution in [2.75, 3.05) is 0 Å². The summed E-state index contributed by atoms with van der Waals surface area (Å²) in [5.41, 5.74) is 0. The molecule has 0 N–H and O–H groups in total. The van der Waals surface area contributed by atoms with Crippen molar-refractivity contribution in [2.24, 2.45) is 0 Å². The highest BCUT2D eigenvalue weighted by Gasteiger charge is 2.01. The lowest BCUT2D eigenvalue weighted by atomic mass is 10.6. The Hall–Kier alpha value is 0.177. The number of rotatable bonds is 3. The van der Waals surface area contributed by atoms with Gasteiger partial charge in [-0.1, -0.05) is 20.3 Å². The van der Waals surface area contributed by atoms with Crippen molar-refractivity contribution in [1.82, 2.24) is 0 Å². The molecule has 0 saturated carbocycles. The fourth-order valence-electron chi connectivity index (χ4n) is 0.526. The van der Waals surface area contributed by atoms with Crippen molar-refractivity contribution in [2.45, 2.75) is 32.4 Å². The van der Waals surface area contributed by atoms with Gasteiger partial charge in [0.2, 0.25) is 9.04 Å². The second-order valence-corrected chi connectivity index (χ2v) is 4.46. The Morgan fingerprint density at radius 1 is 1.43 bits per heavy atom. The molecular formula is C5H13OSi. The van der Waals surface area contributed by atoms with E-state index in [0.717, 1.165) is 18.5 Å². The molecule has 1 radical (unpaired) electrons. The van der Waals surface area contributed by atoms with Crippen molar-refractivity contribution in [3.8, 4) is 0 Å². The Labute approximate surface area is 47.1 Å². The van der Waals surface area contributed by atoms with E-state index < -0.39 is 9.04 Å². The summed E-state index contributed by atoms with van der Waals surface area (Å²) in [4.78, 5) is 10.6. The number of hydrogen-bond acceptors (Lipinski definition) is 0. The van der Waals surface area contributed by atoms with Crippen molar-refractivity contribution < 1.29 is 4.80 Å². The maximum atomic E-state index is 10.6. The molecule has 0 bridgehead atoms. The predicted molar refractivity (Wildman–Crippen MR) is 33.4 cm³/mol. The summed E-state index contributed by atoms with van der Waals surface area (Å²) in [5.74, 6) is 0. The molecule has 2 heteroatoms. The molecule has 0 amide bonds. The van der Waals surface area contributed by atoms with Crippen LogP contribution in [0.3, 0.4) is 0 Å². The van der Waals surface area contributed by atoms with Crippen LogP contribution in [0.25, 0.3) is 0 Å². The van der Waals surface area contributed by atoms with E-state index in [4.69, 9.17) is 0 Å². The average molecular weight is 117 g/mol. The fraction of sp³-hybridized carbons (Fsp3) is 1.00. The predicted octanol–water partition coefficient (Wildman–Crippen LogP) is 1.57. The Morgan fingerprint density at radius 2 is 2.00 bits per heavy atom. The summed E-state index contributed by atoms with van der Waals surface area (Å²) in [6, 6.07) is 1.91. The molecule has 0 aliphatic rings. The molecule has 0 aliphatic carbocycles. The van der Waals surface area contributed by atoms with Crippen molar-refractivity contribution in [1.29, 1.82) is 0 Å². The van der Waals surface area contributed by atoms with Crippen LogP contribution >= 0.6 is 0 Å². The summed E-state index contributed by atoms with van der Waals surface area (Å²) in [5, 5.41) is 0. The zero-order chi connectivity index (χ0) is 5.70. The molecule has 0 aromatic carbocycles. The van der Waals surface area contributed by atoms with Crippen LogP contribution in [0.4, 0.5) is 0 Å². The first-order valence-corrected chi connectivity index (χ1v) is 5.07. The van der Waals surface area contributed by atoms with Crippen LogP contribution in [0, 0.1) is 0 Å². The highest BCUT2D eigenvalue weighted by atomic mass is 28.3. The van der Waals surface area contributed by atoms with Gasteiger partial charge in [0, 0.05) is 0 Å². The molecule has 0 heterocycles. The molecule has 1 atom stereocenters. The molecule has 0 spiro atoms. The lowest BCUT2D eigenvalue weighted by Gasteiger charge is -1.95. The molecule has 0 rings (SSSR count). The van der Waals surface area contributed by atoms with Crippen LogP contribution < -0.4 is 0 Å². The van der Waals surface area contributed by atoms with Gasteiger partial charge in [-0.2, -0.15) is 0 Å². The van der Waals surface area contributed by atoms with Gasteiger partial charge < -0.3 is 4.80 Å². The molecule has 0 saturated heterocycles. The standard InChI is InChI=1S/C5H13OSi/c1-3-5-7(6)4-2/h7H,3-5H2,1-2H3. The van der Waals surface area contributed by atoms with E-state index in [0.29, 0.717) is 0 Å². The summed E-state index contributed by atoms with van der Waals surface area (Å²) in [6.07, 6.45) is 1.09. The number of hydrogen-bond donors (Lipinski definition) is 0. The van der Waals surface area contributed by atoms with Gasteiger partial charge in [-0.05, 0) is 12.1 Å². The SMILES string of the molecule is CCC[SiH]([O])CC. The third kappa shape index (κ3) is 4.02. The fourth-order valence-corrected chi connectivity index (χ4v) is 1.58. The van der Waals surface area contributed by atoms with Gasteiger partial charge in [0.1, 0.15) is 0 Å². The monoisotopic (exact) mass is 117 g/mol. The minimum Gasteiger partial charge on any atom is -0.302 e. The highest BCUT2D eigenvalue weighted by molar-refractivity contribution is 6.49. The maximum absolute atomic E-state index is 10.6. The van der Waals surface area contributed by atoms with E-state index in [1.807, 2.05) is 6.92 Å². The van der Waals surface area contributed by atoms with Crippen LogP contribution in [0.5, 0.6) is 0 Å². The van der Waals surface area contributed by atoms with Gasteiger partial charge in [0.25, 0.3) is 0 Å². The van der Waals surface area contributed by atoms with Crippen LogP contribution in [0.15, 0.2) is 0 Å². The third-order valence-corrected chi connectivity index (χ3v) is 3.20. The minimum absolute atomic E-state index is 0.924. The van der Waals surface area contributed by atoms with Crippen molar-refractivity contribution in [3.63, 3.8) is 0 Å². The summed E-state index contributed by atoms with van der Waals surface area (Å²) in [7, 11) is -1.43. The molecule has 43 valence electrons. The molecule has 0 aromatic heterocycles. The average Bonchev–Trinajstić information content (AvgIpc) is 1.68. The van der Waals surface area contributed by atoms with E-state index in [-0.39, 0.29) is 0 Å². The van der Waals surface area contributed by atoms with Gasteiger partial charge >= 0.3 is 0 Å². The smallest absolute Gasteiger partial charge is 0.222 e. The van der Waals surface area contributed by atoms with E-state index in [9.17, 15) is 4.80 Å². The quantitative estimate of drug-likeness (QED) is 0.500. The second-order valence-electron chi connectivity index (χ2n) is 1.82. The first kappa shape index (κ1) is 7.18. The minimum atomic E-state index is -1.43. The zero-order valence-electron chi connectivity index (χ0n) is 5.11. The summed E-state index contributed by atoms with van der Waals surface area (Å²) in [6.45, 7) is 4.08. The van der Waals surface area contributed by atoms with Gasteiger partial charge in [0.15, 0.2) is 0 Å². The van der Waals surface area contributed by atoms with E-state index >= 15 is 0 Å². The van der Waals surface area contributed by atoms with Gasteiger partial charge in [-0.25, -0.2) is 0 Å². The summed E-state index contributed by atoms with van der Waals surface area (Å²) < 4.78 is 0. The van der Waals surface area contributed by atoms with Crippen molar-refractivity contribution >= 4 is 9.04 Å². The van der Waals surface area contributed by atoms with Crippen LogP contribution in [0.2, 0.25) is 12.1 Å². The van der Waals surface area contributed by atoms with E-state index in [1.54, 1.807) is 0 Å². The Kier molecular flexibility index (Phi) is 4.45. The zero-order valence-corrected chi connectivity index (χ0v) is 6.26. The highest BCUT2D eigenvalue weighted by Crippen LogP contribution is 1.97. The molecular weight excluding hydrogens is 104 g/mol. The Morgan fingerprint density at radius 3 is 2.14 bits per heavy atom. The normalized spacial score (nSPS) is 14.1. The van der Waals surface area contributed by atoms with Crippen LogP contribution in [-0.4, -0.2) is 9.04 Å². The van der Waals surface area contributed by atoms with E-state index in [1.165, 1.54) is 0 Å². The molecule has 0 aliphatic heterocycles. The Balaban J connectivity index is 2.83. The molecule has 0 aromatic rings. The van der Waals surface area contributed by atoms with E-state index in [2.05, 4.69) is 6.92 Å². The molecule has 0 fully saturated rings. The van der Waals surface area contributed by atoms with Crippen LogP contribution in [0.1, 0.15) is 20.3 Å². The molecule has 1 unspecified atom stereocenters. The largest absolute Gasteiger partial charge is 0.302 e. The maximum Gasteiger partial charge on any atom is 0.222 e. The topological polar surface area (TPSA) is 19.9 Å².